The number of unbranched alkanes of at least 4 members (excludes halogenated alkanes) is 1. The van der Waals surface area contributed by atoms with Crippen LogP contribution in [0.15, 0.2) is 0 Å². The highest BCUT2D eigenvalue weighted by Crippen LogP contribution is 2.48. The van der Waals surface area contributed by atoms with Crippen LogP contribution in [0.3, 0.4) is 0 Å². The lowest BCUT2D eigenvalue weighted by Crippen LogP contribution is -2.51. The Morgan fingerprint density at radius 2 is 1.65 bits per heavy atom. The third-order valence-corrected chi connectivity index (χ3v) is 4.07. The smallest absolute Gasteiger partial charge is 0.459 e. The number of carbonyl (C=O) groups is 1. The maximum absolute atomic E-state index is 13.0. The lowest BCUT2D eigenvalue weighted by Gasteiger charge is -2.28. The summed E-state index contributed by atoms with van der Waals surface area (Å²) in [5.41, 5.74) is 0. The van der Waals surface area contributed by atoms with E-state index in [2.05, 4.69) is 0 Å². The second-order valence-corrected chi connectivity index (χ2v) is 6.36. The molecule has 0 spiro atoms. The van der Waals surface area contributed by atoms with Crippen LogP contribution >= 0.6 is 11.8 Å². The molecule has 1 atom stereocenters. The van der Waals surface area contributed by atoms with E-state index in [0.29, 0.717) is 6.42 Å². The second-order valence-electron chi connectivity index (χ2n) is 4.91. The van der Waals surface area contributed by atoms with Crippen LogP contribution < -0.4 is 0 Å². The Bertz CT molecular complexity index is 372. The normalized spacial score (nSPS) is 14.7. The van der Waals surface area contributed by atoms with Crippen molar-refractivity contribution in [3.63, 3.8) is 0 Å². The van der Waals surface area contributed by atoms with Crippen LogP contribution in [-0.4, -0.2) is 41.6 Å². The summed E-state index contributed by atoms with van der Waals surface area (Å²) < 4.78 is 91.8. The summed E-state index contributed by atoms with van der Waals surface area (Å²) in [5.74, 6) is -11.5. The van der Waals surface area contributed by atoms with Crippen molar-refractivity contribution in [2.45, 2.75) is 62.8 Å². The van der Waals surface area contributed by atoms with Gasteiger partial charge in [-0.1, -0.05) is 6.92 Å². The highest BCUT2D eigenvalue weighted by Gasteiger charge is 2.72. The third kappa shape index (κ3) is 6.76. The molecular formula is C13H19F7O2S. The first kappa shape index (κ1) is 22.3. The van der Waals surface area contributed by atoms with Gasteiger partial charge in [0.1, 0.15) is 0 Å². The maximum atomic E-state index is 13.0. The Morgan fingerprint density at radius 3 is 2.13 bits per heavy atom. The van der Waals surface area contributed by atoms with E-state index in [1.165, 1.54) is 6.92 Å². The van der Waals surface area contributed by atoms with E-state index >= 15 is 0 Å². The molecule has 0 N–H and O–H groups in total. The standard InChI is InChI=1S/C13H19F7O2S/c1-3-7-22-10(21)9(2)23-8-5-4-6-11(14,15)12(16,17)13(18,19)20/h9H,3-8H2,1-2H3. The molecule has 0 fully saturated rings. The molecule has 0 aliphatic rings. The van der Waals surface area contributed by atoms with Crippen molar-refractivity contribution in [1.82, 2.24) is 0 Å². The fourth-order valence-electron chi connectivity index (χ4n) is 1.46. The van der Waals surface area contributed by atoms with E-state index in [-0.39, 0.29) is 18.8 Å². The fraction of sp³-hybridized carbons (Fsp3) is 0.923. The average molecular weight is 372 g/mol. The number of thioether (sulfide) groups is 1. The minimum Gasteiger partial charge on any atom is -0.465 e. The SMILES string of the molecule is CCCOC(=O)C(C)SCCCCC(F)(F)C(F)(F)C(F)(F)F. The Balaban J connectivity index is 4.15. The van der Waals surface area contributed by atoms with Gasteiger partial charge in [-0.05, 0) is 31.9 Å². The van der Waals surface area contributed by atoms with Crippen LogP contribution in [0.1, 0.15) is 39.5 Å². The van der Waals surface area contributed by atoms with Gasteiger partial charge in [-0.15, -0.1) is 11.8 Å². The summed E-state index contributed by atoms with van der Waals surface area (Å²) in [5, 5.41) is -0.557. The molecule has 138 valence electrons. The zero-order chi connectivity index (χ0) is 18.3. The van der Waals surface area contributed by atoms with Gasteiger partial charge in [-0.3, -0.25) is 4.79 Å². The van der Waals surface area contributed by atoms with E-state index in [1.54, 1.807) is 0 Å². The van der Waals surface area contributed by atoms with Crippen molar-refractivity contribution < 1.29 is 40.3 Å². The number of rotatable bonds is 10. The monoisotopic (exact) mass is 372 g/mol. The summed E-state index contributed by atoms with van der Waals surface area (Å²) in [6.45, 7) is 3.60. The van der Waals surface area contributed by atoms with Crippen LogP contribution in [0.5, 0.6) is 0 Å². The number of hydrogen-bond acceptors (Lipinski definition) is 3. The lowest BCUT2D eigenvalue weighted by atomic mass is 10.0. The van der Waals surface area contributed by atoms with Crippen molar-refractivity contribution in [3.8, 4) is 0 Å². The van der Waals surface area contributed by atoms with E-state index < -0.39 is 42.1 Å². The molecule has 2 nitrogen and oxygen atoms in total. The molecule has 0 bridgehead atoms. The van der Waals surface area contributed by atoms with Gasteiger partial charge in [-0.2, -0.15) is 30.7 Å². The zero-order valence-electron chi connectivity index (χ0n) is 12.7. The molecule has 0 saturated heterocycles. The molecule has 0 radical (unpaired) electrons. The highest BCUT2D eigenvalue weighted by atomic mass is 32.2. The van der Waals surface area contributed by atoms with Gasteiger partial charge in [0.15, 0.2) is 0 Å². The summed E-state index contributed by atoms with van der Waals surface area (Å²) in [4.78, 5) is 11.4. The van der Waals surface area contributed by atoms with E-state index in [4.69, 9.17) is 4.74 Å². The van der Waals surface area contributed by atoms with Gasteiger partial charge < -0.3 is 4.74 Å². The van der Waals surface area contributed by atoms with Crippen molar-refractivity contribution in [2.75, 3.05) is 12.4 Å². The Kier molecular flexibility index (Phi) is 8.72. The Hall–Kier alpha value is -0.670. The molecule has 0 amide bonds. The quantitative estimate of drug-likeness (QED) is 0.304. The van der Waals surface area contributed by atoms with Crippen LogP contribution in [0.4, 0.5) is 30.7 Å². The van der Waals surface area contributed by atoms with Crippen molar-refractivity contribution in [1.29, 1.82) is 0 Å². The molecule has 0 aromatic heterocycles. The van der Waals surface area contributed by atoms with Crippen molar-refractivity contribution in [3.05, 3.63) is 0 Å². The van der Waals surface area contributed by atoms with Gasteiger partial charge in [-0.25, -0.2) is 0 Å². The largest absolute Gasteiger partial charge is 0.465 e. The summed E-state index contributed by atoms with van der Waals surface area (Å²) >= 11 is 1.07. The first-order valence-electron chi connectivity index (χ1n) is 6.97. The van der Waals surface area contributed by atoms with Crippen molar-refractivity contribution in [2.24, 2.45) is 0 Å². The van der Waals surface area contributed by atoms with Crippen LogP contribution in [0.2, 0.25) is 0 Å². The molecule has 0 rings (SSSR count). The van der Waals surface area contributed by atoms with Gasteiger partial charge >= 0.3 is 24.0 Å². The van der Waals surface area contributed by atoms with Crippen LogP contribution in [0, 0.1) is 0 Å². The first-order valence-corrected chi connectivity index (χ1v) is 8.02. The molecule has 0 heterocycles. The van der Waals surface area contributed by atoms with Crippen LogP contribution in [0.25, 0.3) is 0 Å². The highest BCUT2D eigenvalue weighted by molar-refractivity contribution is 8.00. The second kappa shape index (κ2) is 8.98. The van der Waals surface area contributed by atoms with Gasteiger partial charge in [0.25, 0.3) is 0 Å². The average Bonchev–Trinajstić information content (AvgIpc) is 2.42. The number of halogens is 7. The molecule has 1 unspecified atom stereocenters. The molecule has 0 aliphatic carbocycles. The minimum atomic E-state index is -6.29. The number of alkyl halides is 7. The molecule has 23 heavy (non-hydrogen) atoms. The maximum Gasteiger partial charge on any atom is 0.459 e. The first-order chi connectivity index (χ1) is 10.4. The Labute approximate surface area is 134 Å². The number of carbonyl (C=O) groups excluding carboxylic acids is 1. The molecule has 0 saturated carbocycles. The van der Waals surface area contributed by atoms with Crippen molar-refractivity contribution >= 4 is 17.7 Å². The fourth-order valence-corrected chi connectivity index (χ4v) is 2.39. The van der Waals surface area contributed by atoms with E-state index in [1.807, 2.05) is 6.92 Å². The summed E-state index contributed by atoms with van der Waals surface area (Å²) in [6.07, 6.45) is -7.74. The molecule has 0 aromatic rings. The zero-order valence-corrected chi connectivity index (χ0v) is 13.5. The Morgan fingerprint density at radius 1 is 1.09 bits per heavy atom. The topological polar surface area (TPSA) is 26.3 Å². The third-order valence-electron chi connectivity index (χ3n) is 2.85. The van der Waals surface area contributed by atoms with Gasteiger partial charge in [0.2, 0.25) is 0 Å². The van der Waals surface area contributed by atoms with Crippen LogP contribution in [-0.2, 0) is 9.53 Å². The number of esters is 1. The molecule has 0 aromatic carbocycles. The molecular weight excluding hydrogens is 353 g/mol. The lowest BCUT2D eigenvalue weighted by molar-refractivity contribution is -0.355. The van der Waals surface area contributed by atoms with E-state index in [0.717, 1.165) is 11.8 Å². The van der Waals surface area contributed by atoms with Gasteiger partial charge in [0.05, 0.1) is 11.9 Å². The summed E-state index contributed by atoms with van der Waals surface area (Å²) in [6, 6.07) is 0. The summed E-state index contributed by atoms with van der Waals surface area (Å²) in [7, 11) is 0. The van der Waals surface area contributed by atoms with Gasteiger partial charge in [0, 0.05) is 6.42 Å². The molecule has 0 aliphatic heterocycles. The molecule has 10 heteroatoms. The van der Waals surface area contributed by atoms with E-state index in [9.17, 15) is 35.5 Å². The number of hydrogen-bond donors (Lipinski definition) is 0. The predicted octanol–water partition coefficient (Wildman–Crippen LogP) is 5.06. The number of ether oxygens (including phenoxy) is 1. The minimum absolute atomic E-state index is 0.0143. The predicted molar refractivity (Wildman–Crippen MR) is 73.0 cm³/mol.